The van der Waals surface area contributed by atoms with Crippen LogP contribution in [0.1, 0.15) is 24.8 Å². The first-order valence-electron chi connectivity index (χ1n) is 5.83. The third kappa shape index (κ3) is 2.39. The molecule has 1 aliphatic rings. The normalized spacial score (nSPS) is 23.6. The highest BCUT2D eigenvalue weighted by atomic mass is 19.3. The van der Waals surface area contributed by atoms with Crippen LogP contribution >= 0.6 is 0 Å². The molecule has 2 heterocycles. The highest BCUT2D eigenvalue weighted by molar-refractivity contribution is 5.20. The zero-order valence-electron chi connectivity index (χ0n) is 9.75. The fraction of sp³-hybridized carbons (Fsp3) is 0.583. The Hall–Kier alpha value is -1.23. The smallest absolute Gasteiger partial charge is 0.257 e. The van der Waals surface area contributed by atoms with Gasteiger partial charge >= 0.3 is 0 Å². The van der Waals surface area contributed by atoms with Gasteiger partial charge in [0.15, 0.2) is 0 Å². The number of piperidine rings is 1. The molecule has 0 bridgehead atoms. The Bertz CT molecular complexity index is 456. The van der Waals surface area contributed by atoms with E-state index in [1.807, 2.05) is 6.92 Å². The Labute approximate surface area is 98.5 Å². The molecular weight excluding hydrogens is 226 g/mol. The predicted molar refractivity (Wildman–Crippen MR) is 61.6 cm³/mol. The highest BCUT2D eigenvalue weighted by Gasteiger charge is 2.42. The molecule has 3 nitrogen and oxygen atoms in total. The lowest BCUT2D eigenvalue weighted by molar-refractivity contribution is -0.0481. The van der Waals surface area contributed by atoms with Crippen LogP contribution in [0.2, 0.25) is 0 Å². The molecule has 2 rings (SSSR count). The molecule has 0 aliphatic carbocycles. The first-order valence-corrected chi connectivity index (χ1v) is 5.83. The number of alkyl halides is 2. The van der Waals surface area contributed by atoms with Crippen molar-refractivity contribution < 1.29 is 8.78 Å². The van der Waals surface area contributed by atoms with E-state index >= 15 is 0 Å². The van der Waals surface area contributed by atoms with Crippen LogP contribution in [-0.4, -0.2) is 23.6 Å². The van der Waals surface area contributed by atoms with E-state index in [0.29, 0.717) is 18.7 Å². The van der Waals surface area contributed by atoms with Crippen LogP contribution in [0.15, 0.2) is 23.1 Å². The second kappa shape index (κ2) is 4.56. The van der Waals surface area contributed by atoms with Crippen LogP contribution in [0.25, 0.3) is 0 Å². The van der Waals surface area contributed by atoms with E-state index in [1.54, 1.807) is 6.20 Å². The molecule has 0 aromatic carbocycles. The van der Waals surface area contributed by atoms with Crippen molar-refractivity contribution in [3.63, 3.8) is 0 Å². The summed E-state index contributed by atoms with van der Waals surface area (Å²) in [4.78, 5) is 11.4. The Morgan fingerprint density at radius 1 is 1.53 bits per heavy atom. The van der Waals surface area contributed by atoms with Gasteiger partial charge in [0.2, 0.25) is 0 Å². The predicted octanol–water partition coefficient (Wildman–Crippen LogP) is 1.58. The molecule has 1 aromatic heterocycles. The molecule has 17 heavy (non-hydrogen) atoms. The summed E-state index contributed by atoms with van der Waals surface area (Å²) in [5.41, 5.74) is 0.381. The van der Waals surface area contributed by atoms with Gasteiger partial charge in [-0.05, 0) is 12.5 Å². The van der Waals surface area contributed by atoms with Crippen LogP contribution < -0.4 is 10.9 Å². The van der Waals surface area contributed by atoms with Gasteiger partial charge in [-0.25, -0.2) is 8.78 Å². The maximum Gasteiger partial charge on any atom is 0.257 e. The van der Waals surface area contributed by atoms with Gasteiger partial charge in [-0.3, -0.25) is 4.79 Å². The molecule has 1 aliphatic heterocycles. The van der Waals surface area contributed by atoms with Crippen molar-refractivity contribution >= 4 is 0 Å². The van der Waals surface area contributed by atoms with Gasteiger partial charge < -0.3 is 9.88 Å². The van der Waals surface area contributed by atoms with E-state index in [9.17, 15) is 13.6 Å². The van der Waals surface area contributed by atoms with Crippen LogP contribution in [0.5, 0.6) is 0 Å². The molecule has 5 heteroatoms. The van der Waals surface area contributed by atoms with Gasteiger partial charge in [0.25, 0.3) is 11.5 Å². The molecule has 1 aromatic rings. The first-order chi connectivity index (χ1) is 8.04. The molecule has 1 fully saturated rings. The molecular formula is C12H16F2N2O. The lowest BCUT2D eigenvalue weighted by Gasteiger charge is -2.32. The number of pyridine rings is 1. The quantitative estimate of drug-likeness (QED) is 0.854. The highest BCUT2D eigenvalue weighted by Crippen LogP contribution is 2.37. The third-order valence-electron chi connectivity index (χ3n) is 3.24. The van der Waals surface area contributed by atoms with Crippen LogP contribution in [0.4, 0.5) is 8.78 Å². The maximum absolute atomic E-state index is 13.8. The molecule has 1 saturated heterocycles. The molecule has 0 amide bonds. The molecule has 1 unspecified atom stereocenters. The summed E-state index contributed by atoms with van der Waals surface area (Å²) in [5, 5.41) is 2.97. The van der Waals surface area contributed by atoms with Crippen molar-refractivity contribution in [1.82, 2.24) is 9.88 Å². The summed E-state index contributed by atoms with van der Waals surface area (Å²) >= 11 is 0. The minimum absolute atomic E-state index is 0.150. The van der Waals surface area contributed by atoms with Crippen molar-refractivity contribution in [3.05, 3.63) is 34.2 Å². The summed E-state index contributed by atoms with van der Waals surface area (Å²) in [5.74, 6) is -3.53. The van der Waals surface area contributed by atoms with Gasteiger partial charge in [-0.15, -0.1) is 0 Å². The fourth-order valence-corrected chi connectivity index (χ4v) is 2.19. The molecule has 1 N–H and O–H groups in total. The lowest BCUT2D eigenvalue weighted by atomic mass is 9.89. The number of hydrogen-bond acceptors (Lipinski definition) is 2. The largest absolute Gasteiger partial charge is 0.316 e. The summed E-state index contributed by atoms with van der Waals surface area (Å²) in [6.07, 6.45) is 1.40. The summed E-state index contributed by atoms with van der Waals surface area (Å²) in [7, 11) is 0. The van der Waals surface area contributed by atoms with Crippen LogP contribution in [-0.2, 0) is 6.54 Å². The van der Waals surface area contributed by atoms with Gasteiger partial charge in [0.1, 0.15) is 0 Å². The molecule has 0 radical (unpaired) electrons. The first kappa shape index (κ1) is 12.2. The van der Waals surface area contributed by atoms with Crippen molar-refractivity contribution in [2.24, 2.45) is 0 Å². The number of rotatable bonds is 2. The van der Waals surface area contributed by atoms with Gasteiger partial charge in [-0.1, -0.05) is 6.07 Å². The van der Waals surface area contributed by atoms with E-state index in [-0.39, 0.29) is 18.5 Å². The van der Waals surface area contributed by atoms with Crippen LogP contribution in [0, 0.1) is 0 Å². The summed E-state index contributed by atoms with van der Waals surface area (Å²) in [6.45, 7) is 2.92. The van der Waals surface area contributed by atoms with Gasteiger partial charge in [0, 0.05) is 38.3 Å². The number of aryl methyl sites for hydroxylation is 1. The number of nitrogens with one attached hydrogen (secondary N) is 1. The van der Waals surface area contributed by atoms with Crippen molar-refractivity contribution in [2.75, 3.05) is 13.1 Å². The van der Waals surface area contributed by atoms with Crippen molar-refractivity contribution in [1.29, 1.82) is 0 Å². The maximum atomic E-state index is 13.8. The standard InChI is InChI=1S/C12H16F2N2O/c1-2-16-8-9(3-4-11(16)17)10-7-15-6-5-12(10,13)14/h3-4,8,10,15H,2,5-7H2,1H3. The van der Waals surface area contributed by atoms with Crippen molar-refractivity contribution in [3.8, 4) is 0 Å². The van der Waals surface area contributed by atoms with E-state index in [2.05, 4.69) is 5.32 Å². The number of aromatic nitrogens is 1. The summed E-state index contributed by atoms with van der Waals surface area (Å²) in [6, 6.07) is 2.88. The second-order valence-corrected chi connectivity index (χ2v) is 4.35. The third-order valence-corrected chi connectivity index (χ3v) is 3.24. The zero-order valence-corrected chi connectivity index (χ0v) is 9.75. The number of hydrogen-bond donors (Lipinski definition) is 1. The Morgan fingerprint density at radius 3 is 2.94 bits per heavy atom. The summed E-state index contributed by atoms with van der Waals surface area (Å²) < 4.78 is 29.0. The minimum atomic E-state index is -2.69. The Kier molecular flexibility index (Phi) is 3.28. The fourth-order valence-electron chi connectivity index (χ4n) is 2.19. The molecule has 0 spiro atoms. The molecule has 0 saturated carbocycles. The Morgan fingerprint density at radius 2 is 2.29 bits per heavy atom. The Balaban J connectivity index is 2.36. The topological polar surface area (TPSA) is 34.0 Å². The van der Waals surface area contributed by atoms with E-state index in [0.717, 1.165) is 0 Å². The van der Waals surface area contributed by atoms with Crippen molar-refractivity contribution in [2.45, 2.75) is 31.7 Å². The van der Waals surface area contributed by atoms with E-state index in [4.69, 9.17) is 0 Å². The average Bonchev–Trinajstić information content (AvgIpc) is 2.30. The zero-order chi connectivity index (χ0) is 12.5. The van der Waals surface area contributed by atoms with E-state index < -0.39 is 11.8 Å². The molecule has 1 atom stereocenters. The van der Waals surface area contributed by atoms with E-state index in [1.165, 1.54) is 16.7 Å². The second-order valence-electron chi connectivity index (χ2n) is 4.35. The lowest BCUT2D eigenvalue weighted by Crippen LogP contribution is -2.43. The molecule has 94 valence electrons. The monoisotopic (exact) mass is 242 g/mol. The minimum Gasteiger partial charge on any atom is -0.316 e. The van der Waals surface area contributed by atoms with Gasteiger partial charge in [0.05, 0.1) is 5.92 Å². The average molecular weight is 242 g/mol. The van der Waals surface area contributed by atoms with Gasteiger partial charge in [-0.2, -0.15) is 0 Å². The number of halogens is 2. The SMILES string of the molecule is CCn1cc(C2CNCCC2(F)F)ccc1=O. The van der Waals surface area contributed by atoms with Crippen LogP contribution in [0.3, 0.4) is 0 Å². The number of nitrogens with zero attached hydrogens (tertiary/aromatic N) is 1.